The van der Waals surface area contributed by atoms with Crippen molar-refractivity contribution in [2.24, 2.45) is 10.7 Å². The predicted octanol–water partition coefficient (Wildman–Crippen LogP) is 3.56. The van der Waals surface area contributed by atoms with Gasteiger partial charge in [-0.05, 0) is 29.7 Å². The van der Waals surface area contributed by atoms with Gasteiger partial charge in [-0.2, -0.15) is 0 Å². The van der Waals surface area contributed by atoms with Crippen molar-refractivity contribution in [2.45, 2.75) is 26.5 Å². The molecule has 3 N–H and O–H groups in total. The highest BCUT2D eigenvalue weighted by atomic mass is 16.5. The van der Waals surface area contributed by atoms with E-state index in [4.69, 9.17) is 19.9 Å². The molecule has 0 aliphatic carbocycles. The molecule has 0 amide bonds. The minimum Gasteiger partial charge on any atom is -0.497 e. The van der Waals surface area contributed by atoms with Crippen LogP contribution < -0.4 is 20.5 Å². The molecular formula is C20H27N3O3. The molecule has 0 spiro atoms. The van der Waals surface area contributed by atoms with Gasteiger partial charge in [-0.1, -0.05) is 31.2 Å². The number of aliphatic imine (C=N–C) groups is 1. The molecule has 140 valence electrons. The van der Waals surface area contributed by atoms with Gasteiger partial charge in [-0.25, -0.2) is 4.99 Å². The van der Waals surface area contributed by atoms with Crippen LogP contribution in [-0.2, 0) is 17.9 Å². The second-order valence-corrected chi connectivity index (χ2v) is 5.71. The molecular weight excluding hydrogens is 330 g/mol. The second kappa shape index (κ2) is 10.3. The average molecular weight is 357 g/mol. The van der Waals surface area contributed by atoms with E-state index in [1.54, 1.807) is 14.2 Å². The molecule has 0 unspecified atom stereocenters. The lowest BCUT2D eigenvalue weighted by atomic mass is 10.1. The molecule has 2 rings (SSSR count). The van der Waals surface area contributed by atoms with Crippen LogP contribution in [0.15, 0.2) is 47.5 Å². The lowest BCUT2D eigenvalue weighted by molar-refractivity contribution is 0.121. The molecule has 2 aromatic rings. The number of hydrogen-bond acceptors (Lipinski definition) is 4. The van der Waals surface area contributed by atoms with E-state index < -0.39 is 0 Å². The quantitative estimate of drug-likeness (QED) is 0.408. The van der Waals surface area contributed by atoms with Crippen LogP contribution in [0.3, 0.4) is 0 Å². The standard InChI is InChI=1S/C20H27N3O3/c1-4-11-26-14-16-8-6-5-7-15(16)13-22-20(21)23-18-12-17(24-2)9-10-19(18)25-3/h5-10,12H,4,11,13-14H2,1-3H3,(H3,21,22,23). The van der Waals surface area contributed by atoms with Gasteiger partial charge in [-0.3, -0.25) is 0 Å². The highest BCUT2D eigenvalue weighted by Crippen LogP contribution is 2.28. The molecule has 6 nitrogen and oxygen atoms in total. The summed E-state index contributed by atoms with van der Waals surface area (Å²) in [4.78, 5) is 4.44. The Morgan fingerprint density at radius 2 is 1.85 bits per heavy atom. The molecule has 6 heteroatoms. The zero-order chi connectivity index (χ0) is 18.8. The lowest BCUT2D eigenvalue weighted by Crippen LogP contribution is -2.23. The monoisotopic (exact) mass is 357 g/mol. The van der Waals surface area contributed by atoms with Crippen LogP contribution >= 0.6 is 0 Å². The third-order valence-corrected chi connectivity index (χ3v) is 3.81. The third-order valence-electron chi connectivity index (χ3n) is 3.81. The van der Waals surface area contributed by atoms with Gasteiger partial charge in [-0.15, -0.1) is 0 Å². The molecule has 2 aromatic carbocycles. The topological polar surface area (TPSA) is 78.1 Å². The number of nitrogens with zero attached hydrogens (tertiary/aromatic N) is 1. The van der Waals surface area contributed by atoms with Crippen molar-refractivity contribution in [2.75, 3.05) is 26.1 Å². The van der Waals surface area contributed by atoms with Crippen LogP contribution in [0.1, 0.15) is 24.5 Å². The van der Waals surface area contributed by atoms with E-state index >= 15 is 0 Å². The summed E-state index contributed by atoms with van der Waals surface area (Å²) in [7, 11) is 3.22. The molecule has 0 atom stereocenters. The van der Waals surface area contributed by atoms with Gasteiger partial charge >= 0.3 is 0 Å². The minimum absolute atomic E-state index is 0.306. The first-order valence-corrected chi connectivity index (χ1v) is 8.61. The minimum atomic E-state index is 0.306. The predicted molar refractivity (Wildman–Crippen MR) is 105 cm³/mol. The molecule has 0 aliphatic heterocycles. The van der Waals surface area contributed by atoms with Crippen molar-refractivity contribution in [3.8, 4) is 11.5 Å². The Kier molecular flexibility index (Phi) is 7.76. The van der Waals surface area contributed by atoms with Gasteiger partial charge < -0.3 is 25.3 Å². The number of guanidine groups is 1. The highest BCUT2D eigenvalue weighted by molar-refractivity contribution is 5.94. The summed E-state index contributed by atoms with van der Waals surface area (Å²) in [6.45, 7) is 3.89. The number of nitrogens with two attached hydrogens (primary N) is 1. The second-order valence-electron chi connectivity index (χ2n) is 5.71. The Labute approximate surface area is 155 Å². The molecule has 26 heavy (non-hydrogen) atoms. The van der Waals surface area contributed by atoms with Gasteiger partial charge in [0.1, 0.15) is 11.5 Å². The van der Waals surface area contributed by atoms with E-state index in [0.29, 0.717) is 36.3 Å². The van der Waals surface area contributed by atoms with Gasteiger partial charge in [0.05, 0.1) is 33.1 Å². The molecule has 0 radical (unpaired) electrons. The summed E-state index contributed by atoms with van der Waals surface area (Å²) >= 11 is 0. The number of benzene rings is 2. The van der Waals surface area contributed by atoms with Crippen molar-refractivity contribution in [1.82, 2.24) is 0 Å². The molecule has 0 heterocycles. The highest BCUT2D eigenvalue weighted by Gasteiger charge is 2.07. The first-order chi connectivity index (χ1) is 12.7. The summed E-state index contributed by atoms with van der Waals surface area (Å²) in [5, 5.41) is 3.07. The van der Waals surface area contributed by atoms with Crippen molar-refractivity contribution in [1.29, 1.82) is 0 Å². The maximum Gasteiger partial charge on any atom is 0.193 e. The maximum atomic E-state index is 6.05. The van der Waals surface area contributed by atoms with Gasteiger partial charge in [0.15, 0.2) is 5.96 Å². The number of anilines is 1. The fourth-order valence-corrected chi connectivity index (χ4v) is 2.44. The van der Waals surface area contributed by atoms with E-state index in [9.17, 15) is 0 Å². The molecule has 0 saturated heterocycles. The number of nitrogens with one attached hydrogen (secondary N) is 1. The Morgan fingerprint density at radius 1 is 1.08 bits per heavy atom. The van der Waals surface area contributed by atoms with Crippen LogP contribution in [0.5, 0.6) is 11.5 Å². The number of rotatable bonds is 9. The lowest BCUT2D eigenvalue weighted by Gasteiger charge is -2.12. The van der Waals surface area contributed by atoms with Crippen LogP contribution in [0, 0.1) is 0 Å². The van der Waals surface area contributed by atoms with Crippen molar-refractivity contribution in [3.63, 3.8) is 0 Å². The fourth-order valence-electron chi connectivity index (χ4n) is 2.44. The Balaban J connectivity index is 2.07. The van der Waals surface area contributed by atoms with Crippen LogP contribution in [-0.4, -0.2) is 26.8 Å². The fraction of sp³-hybridized carbons (Fsp3) is 0.350. The molecule has 0 aromatic heterocycles. The molecule has 0 bridgehead atoms. The van der Waals surface area contributed by atoms with E-state index in [-0.39, 0.29) is 0 Å². The smallest absolute Gasteiger partial charge is 0.193 e. The van der Waals surface area contributed by atoms with Crippen LogP contribution in [0.4, 0.5) is 5.69 Å². The van der Waals surface area contributed by atoms with Gasteiger partial charge in [0.2, 0.25) is 0 Å². The number of methoxy groups -OCH3 is 2. The zero-order valence-corrected chi connectivity index (χ0v) is 15.6. The molecule has 0 fully saturated rings. The van der Waals surface area contributed by atoms with E-state index in [2.05, 4.69) is 23.3 Å². The van der Waals surface area contributed by atoms with Gasteiger partial charge in [0.25, 0.3) is 0 Å². The SMILES string of the molecule is CCCOCc1ccccc1CN=C(N)Nc1cc(OC)ccc1OC. The Hall–Kier alpha value is -2.73. The van der Waals surface area contributed by atoms with E-state index in [0.717, 1.165) is 24.2 Å². The maximum absolute atomic E-state index is 6.05. The summed E-state index contributed by atoms with van der Waals surface area (Å²) in [6, 6.07) is 13.5. The van der Waals surface area contributed by atoms with Crippen LogP contribution in [0.25, 0.3) is 0 Å². The normalized spacial score (nSPS) is 11.3. The number of hydrogen-bond donors (Lipinski definition) is 2. The summed E-state index contributed by atoms with van der Waals surface area (Å²) in [5.74, 6) is 1.68. The van der Waals surface area contributed by atoms with E-state index in [1.165, 1.54) is 0 Å². The van der Waals surface area contributed by atoms with Gasteiger partial charge in [0, 0.05) is 12.7 Å². The third kappa shape index (κ3) is 5.67. The molecule has 0 aliphatic rings. The van der Waals surface area contributed by atoms with Crippen molar-refractivity contribution in [3.05, 3.63) is 53.6 Å². The van der Waals surface area contributed by atoms with Crippen molar-refractivity contribution >= 4 is 11.6 Å². The Bertz CT molecular complexity index is 732. The first kappa shape index (κ1) is 19.6. The number of ether oxygens (including phenoxy) is 3. The first-order valence-electron chi connectivity index (χ1n) is 8.61. The van der Waals surface area contributed by atoms with Crippen LogP contribution in [0.2, 0.25) is 0 Å². The average Bonchev–Trinajstić information content (AvgIpc) is 2.67. The van der Waals surface area contributed by atoms with Crippen molar-refractivity contribution < 1.29 is 14.2 Å². The zero-order valence-electron chi connectivity index (χ0n) is 15.6. The summed E-state index contributed by atoms with van der Waals surface area (Å²) in [5.41, 5.74) is 8.96. The summed E-state index contributed by atoms with van der Waals surface area (Å²) < 4.78 is 16.2. The van der Waals surface area contributed by atoms with E-state index in [1.807, 2.05) is 36.4 Å². The molecule has 0 saturated carbocycles. The largest absolute Gasteiger partial charge is 0.497 e. The summed E-state index contributed by atoms with van der Waals surface area (Å²) in [6.07, 6.45) is 1.000. The Morgan fingerprint density at radius 3 is 2.54 bits per heavy atom.